The number of esters is 1. The molecule has 0 aliphatic rings. The van der Waals surface area contributed by atoms with E-state index in [1.807, 2.05) is 20.8 Å². The number of ether oxygens (including phenoxy) is 1. The molecule has 0 unspecified atom stereocenters. The summed E-state index contributed by atoms with van der Waals surface area (Å²) in [7, 11) is 1.35. The fourth-order valence-corrected chi connectivity index (χ4v) is 1.48. The Morgan fingerprint density at radius 2 is 2.00 bits per heavy atom. The van der Waals surface area contributed by atoms with E-state index in [1.165, 1.54) is 7.11 Å². The van der Waals surface area contributed by atoms with E-state index in [0.29, 0.717) is 11.3 Å². The fourth-order valence-electron chi connectivity index (χ4n) is 1.48. The maximum Gasteiger partial charge on any atom is 0.337 e. The lowest BCUT2D eigenvalue weighted by atomic mass is 9.85. The summed E-state index contributed by atoms with van der Waals surface area (Å²) in [6, 6.07) is 5.02. The van der Waals surface area contributed by atoms with Crippen molar-refractivity contribution in [3.8, 4) is 0 Å². The predicted octanol–water partition coefficient (Wildman–Crippen LogP) is 3.32. The summed E-state index contributed by atoms with van der Waals surface area (Å²) in [4.78, 5) is 14.9. The number of hydrogen-bond donors (Lipinski definition) is 0. The second kappa shape index (κ2) is 4.36. The summed E-state index contributed by atoms with van der Waals surface area (Å²) in [6.07, 6.45) is 0. The first kappa shape index (κ1) is 12.3. The standard InChI is InChI=1S/C13H15NO2/c1-13(2,3)10-8-9(12(15)16-5)6-7-11(10)14-4/h6-8H,1-3,5H3. The normalized spacial score (nSPS) is 10.7. The Bertz CT molecular complexity index is 450. The van der Waals surface area contributed by atoms with Gasteiger partial charge in [0.1, 0.15) is 0 Å². The molecule has 0 radical (unpaired) electrons. The molecule has 0 saturated heterocycles. The van der Waals surface area contributed by atoms with Crippen LogP contribution in [-0.2, 0) is 10.2 Å². The predicted molar refractivity (Wildman–Crippen MR) is 62.7 cm³/mol. The van der Waals surface area contributed by atoms with E-state index in [2.05, 4.69) is 9.58 Å². The highest BCUT2D eigenvalue weighted by atomic mass is 16.5. The minimum Gasteiger partial charge on any atom is -0.465 e. The van der Waals surface area contributed by atoms with Crippen LogP contribution in [0.4, 0.5) is 5.69 Å². The summed E-state index contributed by atoms with van der Waals surface area (Å²) < 4.78 is 4.66. The van der Waals surface area contributed by atoms with Gasteiger partial charge in [0.05, 0.1) is 19.2 Å². The smallest absolute Gasteiger partial charge is 0.337 e. The quantitative estimate of drug-likeness (QED) is 0.533. The van der Waals surface area contributed by atoms with Crippen LogP contribution in [-0.4, -0.2) is 13.1 Å². The molecule has 0 bridgehead atoms. The maximum absolute atomic E-state index is 11.4. The van der Waals surface area contributed by atoms with E-state index in [0.717, 1.165) is 5.56 Å². The van der Waals surface area contributed by atoms with Gasteiger partial charge in [-0.15, -0.1) is 0 Å². The molecule has 0 aromatic heterocycles. The Hall–Kier alpha value is -1.82. The van der Waals surface area contributed by atoms with Crippen LogP contribution >= 0.6 is 0 Å². The molecule has 0 fully saturated rings. The molecule has 1 rings (SSSR count). The van der Waals surface area contributed by atoms with Gasteiger partial charge in [0.25, 0.3) is 0 Å². The Labute approximate surface area is 95.9 Å². The Kier molecular flexibility index (Phi) is 3.34. The molecule has 0 atom stereocenters. The number of benzene rings is 1. The Balaban J connectivity index is 3.34. The van der Waals surface area contributed by atoms with Gasteiger partial charge in [0, 0.05) is 0 Å². The van der Waals surface area contributed by atoms with Crippen LogP contribution in [0.15, 0.2) is 18.2 Å². The Morgan fingerprint density at radius 1 is 1.38 bits per heavy atom. The average molecular weight is 217 g/mol. The third-order valence-corrected chi connectivity index (χ3v) is 2.35. The van der Waals surface area contributed by atoms with Crippen molar-refractivity contribution < 1.29 is 9.53 Å². The van der Waals surface area contributed by atoms with Gasteiger partial charge in [-0.25, -0.2) is 9.64 Å². The zero-order valence-corrected chi connectivity index (χ0v) is 10.00. The van der Waals surface area contributed by atoms with Crippen LogP contribution in [0, 0.1) is 6.57 Å². The highest BCUT2D eigenvalue weighted by Crippen LogP contribution is 2.32. The third kappa shape index (κ3) is 2.40. The van der Waals surface area contributed by atoms with Crippen LogP contribution in [0.25, 0.3) is 4.85 Å². The van der Waals surface area contributed by atoms with E-state index >= 15 is 0 Å². The van der Waals surface area contributed by atoms with Crippen molar-refractivity contribution in [1.82, 2.24) is 0 Å². The SMILES string of the molecule is [C-]#[N+]c1ccc(C(=O)OC)cc1C(C)(C)C. The fraction of sp³-hybridized carbons (Fsp3) is 0.385. The molecule has 16 heavy (non-hydrogen) atoms. The summed E-state index contributed by atoms with van der Waals surface area (Å²) in [5.74, 6) is -0.373. The molecule has 0 amide bonds. The molecule has 0 aliphatic heterocycles. The number of methoxy groups -OCH3 is 1. The number of nitrogens with zero attached hydrogens (tertiary/aromatic N) is 1. The minimum atomic E-state index is -0.373. The van der Waals surface area contributed by atoms with Crippen molar-refractivity contribution in [1.29, 1.82) is 0 Å². The van der Waals surface area contributed by atoms with E-state index in [1.54, 1.807) is 18.2 Å². The molecule has 0 N–H and O–H groups in total. The highest BCUT2D eigenvalue weighted by molar-refractivity contribution is 5.90. The van der Waals surface area contributed by atoms with Crippen LogP contribution in [0.1, 0.15) is 36.7 Å². The third-order valence-electron chi connectivity index (χ3n) is 2.35. The molecule has 3 nitrogen and oxygen atoms in total. The summed E-state index contributed by atoms with van der Waals surface area (Å²) in [6.45, 7) is 13.1. The second-order valence-corrected chi connectivity index (χ2v) is 4.59. The van der Waals surface area contributed by atoms with Crippen LogP contribution < -0.4 is 0 Å². The summed E-state index contributed by atoms with van der Waals surface area (Å²) in [5, 5.41) is 0. The van der Waals surface area contributed by atoms with Crippen LogP contribution in [0.3, 0.4) is 0 Å². The van der Waals surface area contributed by atoms with Gasteiger partial charge in [0.15, 0.2) is 5.69 Å². The van der Waals surface area contributed by atoms with Gasteiger partial charge >= 0.3 is 5.97 Å². The number of hydrogen-bond acceptors (Lipinski definition) is 2. The summed E-state index contributed by atoms with van der Waals surface area (Å²) >= 11 is 0. The zero-order chi connectivity index (χ0) is 12.3. The van der Waals surface area contributed by atoms with Crippen LogP contribution in [0.5, 0.6) is 0 Å². The molecule has 3 heteroatoms. The first-order valence-corrected chi connectivity index (χ1v) is 5.00. The van der Waals surface area contributed by atoms with Gasteiger partial charge in [-0.2, -0.15) is 0 Å². The molecule has 0 saturated carbocycles. The molecule has 84 valence electrons. The highest BCUT2D eigenvalue weighted by Gasteiger charge is 2.20. The van der Waals surface area contributed by atoms with E-state index < -0.39 is 0 Å². The maximum atomic E-state index is 11.4. The molecule has 1 aromatic rings. The lowest BCUT2D eigenvalue weighted by Gasteiger charge is -2.21. The lowest BCUT2D eigenvalue weighted by Crippen LogP contribution is -2.13. The van der Waals surface area contributed by atoms with Gasteiger partial charge in [-0.1, -0.05) is 39.0 Å². The number of carbonyl (C=O) groups is 1. The first-order chi connectivity index (χ1) is 7.40. The molecular weight excluding hydrogens is 202 g/mol. The van der Waals surface area contributed by atoms with Crippen molar-refractivity contribution in [2.24, 2.45) is 0 Å². The van der Waals surface area contributed by atoms with Gasteiger partial charge < -0.3 is 4.74 Å². The van der Waals surface area contributed by atoms with Gasteiger partial charge in [-0.05, 0) is 11.0 Å². The lowest BCUT2D eigenvalue weighted by molar-refractivity contribution is 0.0600. The van der Waals surface area contributed by atoms with Crippen molar-refractivity contribution >= 4 is 11.7 Å². The van der Waals surface area contributed by atoms with Gasteiger partial charge in [0.2, 0.25) is 0 Å². The van der Waals surface area contributed by atoms with E-state index in [9.17, 15) is 4.79 Å². The minimum absolute atomic E-state index is 0.163. The number of rotatable bonds is 1. The molecular formula is C13H15NO2. The molecule has 0 spiro atoms. The monoisotopic (exact) mass is 217 g/mol. The van der Waals surface area contributed by atoms with Crippen molar-refractivity contribution in [2.75, 3.05) is 7.11 Å². The topological polar surface area (TPSA) is 30.7 Å². The Morgan fingerprint density at radius 3 is 2.44 bits per heavy atom. The second-order valence-electron chi connectivity index (χ2n) is 4.59. The summed E-state index contributed by atoms with van der Waals surface area (Å²) in [5.41, 5.74) is 1.77. The number of carbonyl (C=O) groups excluding carboxylic acids is 1. The van der Waals surface area contributed by atoms with Crippen molar-refractivity contribution in [3.05, 3.63) is 40.7 Å². The van der Waals surface area contributed by atoms with E-state index in [-0.39, 0.29) is 11.4 Å². The van der Waals surface area contributed by atoms with Crippen molar-refractivity contribution in [3.63, 3.8) is 0 Å². The molecule has 1 aromatic carbocycles. The zero-order valence-electron chi connectivity index (χ0n) is 10.00. The largest absolute Gasteiger partial charge is 0.465 e. The van der Waals surface area contributed by atoms with E-state index in [4.69, 9.17) is 6.57 Å². The average Bonchev–Trinajstić information content (AvgIpc) is 2.26. The first-order valence-electron chi connectivity index (χ1n) is 5.00. The van der Waals surface area contributed by atoms with Gasteiger partial charge in [-0.3, -0.25) is 0 Å². The van der Waals surface area contributed by atoms with Crippen molar-refractivity contribution in [2.45, 2.75) is 26.2 Å². The molecule has 0 heterocycles. The van der Waals surface area contributed by atoms with Crippen LogP contribution in [0.2, 0.25) is 0 Å². The molecule has 0 aliphatic carbocycles.